The standard InChI is InChI=1S/C24H32N2O5S/c1-17(2)24(28)25(11-12-29-3)15-23(27)26-10-8-22-20(9-13-32-22)21(26)16-31-19-7-5-6-18(14-19)30-4/h5-7,9,13-14,17,21H,8,10-12,15-16H2,1-4H3. The first-order valence-electron chi connectivity index (χ1n) is 10.8. The van der Waals surface area contributed by atoms with Crippen LogP contribution in [0.1, 0.15) is 30.3 Å². The third-order valence-corrected chi connectivity index (χ3v) is 6.56. The van der Waals surface area contributed by atoms with Gasteiger partial charge in [-0.15, -0.1) is 11.3 Å². The quantitative estimate of drug-likeness (QED) is 0.544. The summed E-state index contributed by atoms with van der Waals surface area (Å²) in [5.74, 6) is 1.10. The van der Waals surface area contributed by atoms with Gasteiger partial charge in [-0.1, -0.05) is 19.9 Å². The van der Waals surface area contributed by atoms with Crippen molar-refractivity contribution in [2.24, 2.45) is 5.92 Å². The fourth-order valence-corrected chi connectivity index (χ4v) is 4.76. The van der Waals surface area contributed by atoms with Gasteiger partial charge in [-0.2, -0.15) is 0 Å². The molecule has 1 aromatic heterocycles. The predicted molar refractivity (Wildman–Crippen MR) is 124 cm³/mol. The molecule has 0 fully saturated rings. The second-order valence-electron chi connectivity index (χ2n) is 8.05. The molecule has 3 rings (SSSR count). The Bertz CT molecular complexity index is 913. The minimum absolute atomic E-state index is 0.0372. The van der Waals surface area contributed by atoms with E-state index in [9.17, 15) is 9.59 Å². The topological polar surface area (TPSA) is 68.3 Å². The lowest BCUT2D eigenvalue weighted by Crippen LogP contribution is -2.49. The van der Waals surface area contributed by atoms with E-state index in [2.05, 4.69) is 11.4 Å². The Labute approximate surface area is 193 Å². The lowest BCUT2D eigenvalue weighted by Gasteiger charge is -2.37. The Morgan fingerprint density at radius 3 is 2.72 bits per heavy atom. The van der Waals surface area contributed by atoms with Crippen molar-refractivity contribution in [3.63, 3.8) is 0 Å². The largest absolute Gasteiger partial charge is 0.497 e. The van der Waals surface area contributed by atoms with Crippen LogP contribution in [0, 0.1) is 5.92 Å². The molecular formula is C24H32N2O5S. The maximum absolute atomic E-state index is 13.4. The highest BCUT2D eigenvalue weighted by Crippen LogP contribution is 2.34. The van der Waals surface area contributed by atoms with Gasteiger partial charge in [-0.25, -0.2) is 0 Å². The number of hydrogen-bond acceptors (Lipinski definition) is 6. The van der Waals surface area contributed by atoms with E-state index in [1.807, 2.05) is 43.0 Å². The number of methoxy groups -OCH3 is 2. The van der Waals surface area contributed by atoms with Gasteiger partial charge >= 0.3 is 0 Å². The number of thiophene rings is 1. The Morgan fingerprint density at radius 2 is 2.00 bits per heavy atom. The summed E-state index contributed by atoms with van der Waals surface area (Å²) in [6.07, 6.45) is 0.810. The van der Waals surface area contributed by atoms with Crippen LogP contribution in [0.2, 0.25) is 0 Å². The molecule has 0 radical (unpaired) electrons. The van der Waals surface area contributed by atoms with E-state index in [1.165, 1.54) is 4.88 Å². The normalized spacial score (nSPS) is 15.4. The molecule has 7 nitrogen and oxygen atoms in total. The van der Waals surface area contributed by atoms with E-state index in [4.69, 9.17) is 14.2 Å². The Balaban J connectivity index is 1.76. The Morgan fingerprint density at radius 1 is 1.22 bits per heavy atom. The summed E-state index contributed by atoms with van der Waals surface area (Å²) in [7, 11) is 3.21. The van der Waals surface area contributed by atoms with Crippen molar-refractivity contribution < 1.29 is 23.8 Å². The summed E-state index contributed by atoms with van der Waals surface area (Å²) in [5.41, 5.74) is 1.12. The summed E-state index contributed by atoms with van der Waals surface area (Å²) in [6.45, 7) is 5.44. The number of carbonyl (C=O) groups is 2. The van der Waals surface area contributed by atoms with Crippen molar-refractivity contribution >= 4 is 23.2 Å². The van der Waals surface area contributed by atoms with Gasteiger partial charge < -0.3 is 24.0 Å². The van der Waals surface area contributed by atoms with Crippen molar-refractivity contribution in [1.82, 2.24) is 9.80 Å². The molecule has 0 spiro atoms. The zero-order valence-electron chi connectivity index (χ0n) is 19.2. The van der Waals surface area contributed by atoms with E-state index < -0.39 is 0 Å². The first-order chi connectivity index (χ1) is 15.4. The van der Waals surface area contributed by atoms with Crippen LogP contribution < -0.4 is 9.47 Å². The summed E-state index contributed by atoms with van der Waals surface area (Å²) >= 11 is 1.71. The SMILES string of the molecule is COCCN(CC(=O)N1CCc2sccc2C1COc1cccc(OC)c1)C(=O)C(C)C. The van der Waals surface area contributed by atoms with Crippen molar-refractivity contribution in [1.29, 1.82) is 0 Å². The van der Waals surface area contributed by atoms with Crippen molar-refractivity contribution in [2.75, 3.05) is 47.1 Å². The minimum Gasteiger partial charge on any atom is -0.497 e. The van der Waals surface area contributed by atoms with Gasteiger partial charge in [0.25, 0.3) is 0 Å². The van der Waals surface area contributed by atoms with Crippen LogP contribution in [0.5, 0.6) is 11.5 Å². The average molecular weight is 461 g/mol. The maximum atomic E-state index is 13.4. The fraction of sp³-hybridized carbons (Fsp3) is 0.500. The monoisotopic (exact) mass is 460 g/mol. The minimum atomic E-state index is -0.206. The number of fused-ring (bicyclic) bond motifs is 1. The average Bonchev–Trinajstić information content (AvgIpc) is 3.28. The fourth-order valence-electron chi connectivity index (χ4n) is 3.83. The highest BCUT2D eigenvalue weighted by atomic mass is 32.1. The highest BCUT2D eigenvalue weighted by molar-refractivity contribution is 7.10. The maximum Gasteiger partial charge on any atom is 0.242 e. The third kappa shape index (κ3) is 5.81. The first kappa shape index (κ1) is 24.1. The molecule has 2 aromatic rings. The molecular weight excluding hydrogens is 428 g/mol. The Hall–Kier alpha value is -2.58. The summed E-state index contributed by atoms with van der Waals surface area (Å²) in [5, 5.41) is 2.06. The van der Waals surface area contributed by atoms with E-state index in [0.29, 0.717) is 32.1 Å². The van der Waals surface area contributed by atoms with Crippen LogP contribution in [0.3, 0.4) is 0 Å². The summed E-state index contributed by atoms with van der Waals surface area (Å²) < 4.78 is 16.5. The van der Waals surface area contributed by atoms with E-state index in [-0.39, 0.29) is 30.3 Å². The molecule has 0 aliphatic carbocycles. The predicted octanol–water partition coefficient (Wildman–Crippen LogP) is 3.39. The summed E-state index contributed by atoms with van der Waals surface area (Å²) in [4.78, 5) is 30.7. The van der Waals surface area contributed by atoms with Crippen molar-refractivity contribution in [3.05, 3.63) is 46.2 Å². The molecule has 0 N–H and O–H groups in total. The molecule has 1 atom stereocenters. The second-order valence-corrected chi connectivity index (χ2v) is 9.05. The van der Waals surface area contributed by atoms with Crippen molar-refractivity contribution in [2.45, 2.75) is 26.3 Å². The van der Waals surface area contributed by atoms with Gasteiger partial charge in [-0.3, -0.25) is 9.59 Å². The van der Waals surface area contributed by atoms with Crippen LogP contribution in [-0.2, 0) is 20.7 Å². The zero-order chi connectivity index (χ0) is 23.1. The molecule has 0 saturated heterocycles. The van der Waals surface area contributed by atoms with Crippen LogP contribution in [0.25, 0.3) is 0 Å². The van der Waals surface area contributed by atoms with Gasteiger partial charge in [0.2, 0.25) is 11.8 Å². The molecule has 1 aliphatic heterocycles. The molecule has 2 heterocycles. The number of hydrogen-bond donors (Lipinski definition) is 0. The number of rotatable bonds is 10. The number of benzene rings is 1. The van der Waals surface area contributed by atoms with Crippen LogP contribution in [-0.4, -0.2) is 68.7 Å². The second kappa shape index (κ2) is 11.3. The van der Waals surface area contributed by atoms with E-state index >= 15 is 0 Å². The third-order valence-electron chi connectivity index (χ3n) is 5.56. The van der Waals surface area contributed by atoms with Crippen LogP contribution >= 0.6 is 11.3 Å². The molecule has 1 aromatic carbocycles. The van der Waals surface area contributed by atoms with E-state index in [0.717, 1.165) is 17.7 Å². The van der Waals surface area contributed by atoms with E-state index in [1.54, 1.807) is 30.5 Å². The zero-order valence-corrected chi connectivity index (χ0v) is 20.0. The number of carbonyl (C=O) groups excluding carboxylic acids is 2. The molecule has 2 amide bonds. The van der Waals surface area contributed by atoms with Crippen LogP contribution in [0.15, 0.2) is 35.7 Å². The molecule has 1 aliphatic rings. The van der Waals surface area contributed by atoms with Gasteiger partial charge in [0.05, 0.1) is 26.3 Å². The first-order valence-corrected chi connectivity index (χ1v) is 11.7. The van der Waals surface area contributed by atoms with Gasteiger partial charge in [0, 0.05) is 37.1 Å². The smallest absolute Gasteiger partial charge is 0.242 e. The lowest BCUT2D eigenvalue weighted by molar-refractivity contribution is -0.144. The number of ether oxygens (including phenoxy) is 3. The molecule has 1 unspecified atom stereocenters. The van der Waals surface area contributed by atoms with Crippen molar-refractivity contribution in [3.8, 4) is 11.5 Å². The number of amides is 2. The highest BCUT2D eigenvalue weighted by Gasteiger charge is 2.33. The molecule has 8 heteroatoms. The molecule has 0 bridgehead atoms. The molecule has 174 valence electrons. The van der Waals surface area contributed by atoms with Gasteiger partial charge in [-0.05, 0) is 35.6 Å². The molecule has 32 heavy (non-hydrogen) atoms. The van der Waals surface area contributed by atoms with Crippen LogP contribution in [0.4, 0.5) is 0 Å². The van der Waals surface area contributed by atoms with Gasteiger partial charge in [0.1, 0.15) is 18.1 Å². The number of nitrogens with zero attached hydrogens (tertiary/aromatic N) is 2. The molecule has 0 saturated carbocycles. The lowest BCUT2D eigenvalue weighted by atomic mass is 10.0. The summed E-state index contributed by atoms with van der Waals surface area (Å²) in [6, 6.07) is 9.31. The van der Waals surface area contributed by atoms with Gasteiger partial charge in [0.15, 0.2) is 0 Å². The Kier molecular flexibility index (Phi) is 8.53.